The predicted octanol–water partition coefficient (Wildman–Crippen LogP) is 2.10. The molecule has 1 heterocycles. The number of nitrogens with one attached hydrogen (secondary N) is 1. The van der Waals surface area contributed by atoms with Crippen molar-refractivity contribution >= 4 is 5.71 Å². The van der Waals surface area contributed by atoms with Crippen LogP contribution in [0, 0.1) is 11.8 Å². The van der Waals surface area contributed by atoms with Crippen molar-refractivity contribution < 1.29 is 4.99 Å². The summed E-state index contributed by atoms with van der Waals surface area (Å²) in [5.41, 5.74) is 1.44. The van der Waals surface area contributed by atoms with Gasteiger partial charge in [-0.2, -0.15) is 0 Å². The summed E-state index contributed by atoms with van der Waals surface area (Å²) < 4.78 is 0. The van der Waals surface area contributed by atoms with Crippen LogP contribution < -0.4 is 4.99 Å². The van der Waals surface area contributed by atoms with Crippen LogP contribution in [0.3, 0.4) is 0 Å². The summed E-state index contributed by atoms with van der Waals surface area (Å²) in [6, 6.07) is 0. The molecule has 0 bridgehead atoms. The van der Waals surface area contributed by atoms with E-state index in [9.17, 15) is 0 Å². The van der Waals surface area contributed by atoms with Gasteiger partial charge in [0.25, 0.3) is 0 Å². The van der Waals surface area contributed by atoms with Gasteiger partial charge in [-0.3, -0.25) is 0 Å². The molecule has 2 atom stereocenters. The molecule has 0 radical (unpaired) electrons. The van der Waals surface area contributed by atoms with E-state index in [4.69, 9.17) is 0 Å². The first kappa shape index (κ1) is 12.2. The van der Waals surface area contributed by atoms with Crippen molar-refractivity contribution in [2.45, 2.75) is 40.0 Å². The molecular weight excluding hydrogens is 182 g/mol. The van der Waals surface area contributed by atoms with Gasteiger partial charge >= 0.3 is 0 Å². The van der Waals surface area contributed by atoms with E-state index >= 15 is 0 Å². The van der Waals surface area contributed by atoms with E-state index in [2.05, 4.69) is 50.1 Å². The van der Waals surface area contributed by atoms with Crippen molar-refractivity contribution in [2.75, 3.05) is 6.54 Å². The van der Waals surface area contributed by atoms with E-state index in [1.807, 2.05) is 0 Å². The van der Waals surface area contributed by atoms with E-state index in [1.165, 1.54) is 25.0 Å². The van der Waals surface area contributed by atoms with Crippen molar-refractivity contribution in [3.63, 3.8) is 0 Å². The van der Waals surface area contributed by atoms with Crippen LogP contribution in [0.15, 0.2) is 24.3 Å². The Labute approximate surface area is 94.0 Å². The van der Waals surface area contributed by atoms with E-state index in [-0.39, 0.29) is 0 Å². The molecule has 15 heavy (non-hydrogen) atoms. The fraction of sp³-hybridized carbons (Fsp3) is 0.643. The first-order valence-corrected chi connectivity index (χ1v) is 6.18. The average Bonchev–Trinajstić information content (AvgIpc) is 2.25. The normalized spacial score (nSPS) is 23.1. The summed E-state index contributed by atoms with van der Waals surface area (Å²) in [7, 11) is 0. The topological polar surface area (TPSA) is 14.0 Å². The van der Waals surface area contributed by atoms with Gasteiger partial charge < -0.3 is 0 Å². The van der Waals surface area contributed by atoms with Crippen LogP contribution in [0.2, 0.25) is 0 Å². The largest absolute Gasteiger partial charge is 0.245 e. The molecule has 1 rings (SSSR count). The molecule has 1 heteroatoms. The maximum Gasteiger partial charge on any atom is 0.177 e. The van der Waals surface area contributed by atoms with Gasteiger partial charge in [0.2, 0.25) is 0 Å². The number of hydrogen-bond donors (Lipinski definition) is 1. The van der Waals surface area contributed by atoms with Gasteiger partial charge in [-0.25, -0.2) is 4.99 Å². The highest BCUT2D eigenvalue weighted by Crippen LogP contribution is 2.14. The molecule has 1 N–H and O–H groups in total. The number of hydrogen-bond acceptors (Lipinski definition) is 0. The second-order valence-electron chi connectivity index (χ2n) is 4.46. The molecule has 0 aromatic rings. The van der Waals surface area contributed by atoms with E-state index in [0.29, 0.717) is 11.8 Å². The fourth-order valence-electron chi connectivity index (χ4n) is 2.00. The Bertz CT molecular complexity index is 261. The molecule has 0 aromatic heterocycles. The second kappa shape index (κ2) is 6.60. The Balaban J connectivity index is 2.59. The van der Waals surface area contributed by atoms with E-state index < -0.39 is 0 Å². The number of allylic oxidation sites excluding steroid dienone is 3. The highest BCUT2D eigenvalue weighted by Gasteiger charge is 2.19. The summed E-state index contributed by atoms with van der Waals surface area (Å²) in [5.74, 6) is 1.37. The first-order valence-electron chi connectivity index (χ1n) is 6.18. The molecule has 0 aromatic carbocycles. The zero-order valence-electron chi connectivity index (χ0n) is 10.3. The highest BCUT2D eigenvalue weighted by molar-refractivity contribution is 5.92. The molecule has 1 aliphatic rings. The highest BCUT2D eigenvalue weighted by atomic mass is 14.8. The summed E-state index contributed by atoms with van der Waals surface area (Å²) in [6.45, 7) is 7.71. The van der Waals surface area contributed by atoms with Crippen LogP contribution >= 0.6 is 0 Å². The first-order chi connectivity index (χ1) is 7.27. The summed E-state index contributed by atoms with van der Waals surface area (Å²) in [6.07, 6.45) is 12.8. The third-order valence-electron chi connectivity index (χ3n) is 2.97. The minimum atomic E-state index is 0.678. The van der Waals surface area contributed by atoms with Crippen molar-refractivity contribution in [3.8, 4) is 0 Å². The maximum atomic E-state index is 3.56. The van der Waals surface area contributed by atoms with Gasteiger partial charge in [0.1, 0.15) is 6.54 Å². The van der Waals surface area contributed by atoms with Crippen molar-refractivity contribution in [2.24, 2.45) is 11.8 Å². The van der Waals surface area contributed by atoms with Crippen LogP contribution in [0.1, 0.15) is 40.0 Å². The summed E-state index contributed by atoms with van der Waals surface area (Å²) >= 11 is 0. The summed E-state index contributed by atoms with van der Waals surface area (Å²) in [4.78, 5) is 3.56. The second-order valence-corrected chi connectivity index (χ2v) is 4.46. The third kappa shape index (κ3) is 4.03. The van der Waals surface area contributed by atoms with Crippen LogP contribution in [0.5, 0.6) is 0 Å². The van der Waals surface area contributed by atoms with Crippen molar-refractivity contribution in [3.05, 3.63) is 24.3 Å². The smallest absolute Gasteiger partial charge is 0.177 e. The van der Waals surface area contributed by atoms with Gasteiger partial charge in [-0.1, -0.05) is 38.5 Å². The Hall–Kier alpha value is -0.850. The van der Waals surface area contributed by atoms with Crippen LogP contribution in [0.4, 0.5) is 0 Å². The zero-order chi connectivity index (χ0) is 11.1. The lowest BCUT2D eigenvalue weighted by Gasteiger charge is -2.14. The molecule has 0 amide bonds. The van der Waals surface area contributed by atoms with Crippen LogP contribution in [0.25, 0.3) is 0 Å². The quantitative estimate of drug-likeness (QED) is 0.662. The molecule has 1 nitrogen and oxygen atoms in total. The van der Waals surface area contributed by atoms with Crippen LogP contribution in [-0.4, -0.2) is 12.3 Å². The Morgan fingerprint density at radius 1 is 1.60 bits per heavy atom. The molecular formula is C14H24N+. The maximum absolute atomic E-state index is 3.56. The minimum Gasteiger partial charge on any atom is -0.245 e. The van der Waals surface area contributed by atoms with Crippen molar-refractivity contribution in [1.29, 1.82) is 0 Å². The predicted molar refractivity (Wildman–Crippen MR) is 67.0 cm³/mol. The third-order valence-corrected chi connectivity index (χ3v) is 2.97. The molecule has 1 aliphatic heterocycles. The molecule has 0 fully saturated rings. The van der Waals surface area contributed by atoms with Gasteiger partial charge in [0, 0.05) is 17.9 Å². The van der Waals surface area contributed by atoms with Crippen molar-refractivity contribution in [1.82, 2.24) is 0 Å². The standard InChI is InChI=1S/C14H23N/c1-4-6-8-13(7-5-2)14-10-9-12(3)11-15-14/h4,6,9-10,12-13H,5,7-8,11H2,1-3H3/p+1/b6-4-/t12-,13?/m1/s1. The van der Waals surface area contributed by atoms with Gasteiger partial charge in [0.15, 0.2) is 5.71 Å². The molecule has 0 saturated carbocycles. The fourth-order valence-corrected chi connectivity index (χ4v) is 2.00. The van der Waals surface area contributed by atoms with Gasteiger partial charge in [-0.15, -0.1) is 0 Å². The minimum absolute atomic E-state index is 0.678. The van der Waals surface area contributed by atoms with Gasteiger partial charge in [0.05, 0.1) is 0 Å². The number of rotatable bonds is 5. The SMILES string of the molecule is C/C=C\CC(CCC)C1=[NH+]C[C@H](C)C=C1. The molecule has 0 spiro atoms. The molecule has 0 saturated heterocycles. The lowest BCUT2D eigenvalue weighted by molar-refractivity contribution is -0.466. The Kier molecular flexibility index (Phi) is 5.38. The lowest BCUT2D eigenvalue weighted by Crippen LogP contribution is -2.76. The van der Waals surface area contributed by atoms with E-state index in [1.54, 1.807) is 0 Å². The Morgan fingerprint density at radius 3 is 2.93 bits per heavy atom. The Morgan fingerprint density at radius 2 is 2.40 bits per heavy atom. The lowest BCUT2D eigenvalue weighted by atomic mass is 9.91. The molecule has 84 valence electrons. The van der Waals surface area contributed by atoms with Gasteiger partial charge in [-0.05, 0) is 19.8 Å². The molecule has 1 unspecified atom stereocenters. The van der Waals surface area contributed by atoms with Crippen LogP contribution in [-0.2, 0) is 0 Å². The monoisotopic (exact) mass is 206 g/mol. The zero-order valence-corrected chi connectivity index (χ0v) is 10.3. The average molecular weight is 206 g/mol. The molecule has 0 aliphatic carbocycles. The summed E-state index contributed by atoms with van der Waals surface area (Å²) in [5, 5.41) is 0. The van der Waals surface area contributed by atoms with E-state index in [0.717, 1.165) is 6.54 Å².